The van der Waals surface area contributed by atoms with Gasteiger partial charge in [-0.3, -0.25) is 4.79 Å². The third kappa shape index (κ3) is 3.48. The lowest BCUT2D eigenvalue weighted by Gasteiger charge is -2.12. The van der Waals surface area contributed by atoms with E-state index in [9.17, 15) is 4.79 Å². The molecule has 1 aromatic carbocycles. The van der Waals surface area contributed by atoms with Crippen molar-refractivity contribution in [3.63, 3.8) is 0 Å². The average molecular weight is 236 g/mol. The Morgan fingerprint density at radius 1 is 1.18 bits per heavy atom. The molecule has 0 atom stereocenters. The molecule has 0 fully saturated rings. The van der Waals surface area contributed by atoms with E-state index in [0.29, 0.717) is 18.6 Å². The van der Waals surface area contributed by atoms with Crippen LogP contribution in [0.5, 0.6) is 11.5 Å². The van der Waals surface area contributed by atoms with Gasteiger partial charge in [-0.1, -0.05) is 6.92 Å². The first-order valence-corrected chi connectivity index (χ1v) is 5.85. The second kappa shape index (κ2) is 6.28. The first-order valence-electron chi connectivity index (χ1n) is 5.85. The van der Waals surface area contributed by atoms with Gasteiger partial charge in [-0.2, -0.15) is 0 Å². The molecule has 0 N–H and O–H groups in total. The van der Waals surface area contributed by atoms with Gasteiger partial charge in [-0.25, -0.2) is 0 Å². The molecule has 94 valence electrons. The summed E-state index contributed by atoms with van der Waals surface area (Å²) in [5, 5.41) is 0. The van der Waals surface area contributed by atoms with Crippen LogP contribution in [-0.2, 0) is 11.2 Å². The summed E-state index contributed by atoms with van der Waals surface area (Å²) in [7, 11) is 3.24. The van der Waals surface area contributed by atoms with Gasteiger partial charge in [-0.05, 0) is 36.6 Å². The summed E-state index contributed by atoms with van der Waals surface area (Å²) in [6.45, 7) is 3.91. The van der Waals surface area contributed by atoms with Crippen LogP contribution >= 0.6 is 0 Å². The summed E-state index contributed by atoms with van der Waals surface area (Å²) < 4.78 is 10.5. The zero-order chi connectivity index (χ0) is 12.8. The van der Waals surface area contributed by atoms with Crippen LogP contribution in [0.2, 0.25) is 0 Å². The fourth-order valence-corrected chi connectivity index (χ4v) is 1.74. The zero-order valence-electron chi connectivity index (χ0n) is 11.0. The summed E-state index contributed by atoms with van der Waals surface area (Å²) in [5.41, 5.74) is 2.27. The van der Waals surface area contributed by atoms with Crippen LogP contribution in [0, 0.1) is 6.92 Å². The van der Waals surface area contributed by atoms with E-state index >= 15 is 0 Å². The minimum absolute atomic E-state index is 0.291. The van der Waals surface area contributed by atoms with Gasteiger partial charge >= 0.3 is 0 Å². The molecule has 17 heavy (non-hydrogen) atoms. The smallest absolute Gasteiger partial charge is 0.161 e. The number of carbonyl (C=O) groups is 1. The number of hydrogen-bond acceptors (Lipinski definition) is 3. The van der Waals surface area contributed by atoms with Crippen molar-refractivity contribution in [1.82, 2.24) is 0 Å². The molecule has 0 aliphatic rings. The Balaban J connectivity index is 2.89. The minimum Gasteiger partial charge on any atom is -0.493 e. The monoisotopic (exact) mass is 236 g/mol. The second-order valence-electron chi connectivity index (χ2n) is 4.03. The van der Waals surface area contributed by atoms with Gasteiger partial charge in [0.2, 0.25) is 0 Å². The molecule has 0 bridgehead atoms. The van der Waals surface area contributed by atoms with E-state index in [2.05, 4.69) is 0 Å². The van der Waals surface area contributed by atoms with E-state index in [4.69, 9.17) is 9.47 Å². The maximum absolute atomic E-state index is 11.3. The fourth-order valence-electron chi connectivity index (χ4n) is 1.74. The topological polar surface area (TPSA) is 35.5 Å². The average Bonchev–Trinajstić information content (AvgIpc) is 2.36. The Kier molecular flexibility index (Phi) is 5.01. The molecule has 1 rings (SSSR count). The molecule has 0 unspecified atom stereocenters. The molecule has 0 saturated heterocycles. The summed E-state index contributed by atoms with van der Waals surface area (Å²) in [6.07, 6.45) is 1.96. The molecule has 3 heteroatoms. The van der Waals surface area contributed by atoms with Crippen molar-refractivity contribution < 1.29 is 14.3 Å². The molecule has 0 radical (unpaired) electrons. The molecule has 1 aromatic rings. The molecule has 0 aliphatic carbocycles. The van der Waals surface area contributed by atoms with E-state index < -0.39 is 0 Å². The van der Waals surface area contributed by atoms with Crippen LogP contribution in [-0.4, -0.2) is 20.0 Å². The Morgan fingerprint density at radius 3 is 2.29 bits per heavy atom. The van der Waals surface area contributed by atoms with Gasteiger partial charge in [0.1, 0.15) is 5.78 Å². The van der Waals surface area contributed by atoms with Crippen molar-refractivity contribution in [2.45, 2.75) is 33.1 Å². The second-order valence-corrected chi connectivity index (χ2v) is 4.03. The molecule has 0 spiro atoms. The van der Waals surface area contributed by atoms with Gasteiger partial charge < -0.3 is 9.47 Å². The van der Waals surface area contributed by atoms with Crippen molar-refractivity contribution >= 4 is 5.78 Å². The Morgan fingerprint density at radius 2 is 1.76 bits per heavy atom. The third-order valence-corrected chi connectivity index (χ3v) is 2.91. The maximum atomic E-state index is 11.3. The van der Waals surface area contributed by atoms with Crippen molar-refractivity contribution in [2.75, 3.05) is 14.2 Å². The Hall–Kier alpha value is -1.51. The SMILES string of the molecule is CCC(=O)CCc1cc(OC)c(OC)cc1C. The number of benzene rings is 1. The number of carbonyl (C=O) groups excluding carboxylic acids is 1. The highest BCUT2D eigenvalue weighted by atomic mass is 16.5. The van der Waals surface area contributed by atoms with Crippen molar-refractivity contribution in [3.05, 3.63) is 23.3 Å². The van der Waals surface area contributed by atoms with E-state index in [1.165, 1.54) is 0 Å². The van der Waals surface area contributed by atoms with Crippen LogP contribution in [0.3, 0.4) is 0 Å². The van der Waals surface area contributed by atoms with E-state index in [1.54, 1.807) is 14.2 Å². The maximum Gasteiger partial charge on any atom is 0.161 e. The molecule has 0 saturated carbocycles. The van der Waals surface area contributed by atoms with Crippen LogP contribution in [0.15, 0.2) is 12.1 Å². The molecular formula is C14H20O3. The number of ether oxygens (including phenoxy) is 2. The van der Waals surface area contributed by atoms with Crippen LogP contribution < -0.4 is 9.47 Å². The first-order chi connectivity index (χ1) is 8.12. The number of Topliss-reactive ketones (excluding diaryl/α,β-unsaturated/α-hetero) is 1. The lowest BCUT2D eigenvalue weighted by molar-refractivity contribution is -0.118. The zero-order valence-corrected chi connectivity index (χ0v) is 11.0. The van der Waals surface area contributed by atoms with Gasteiger partial charge in [0.25, 0.3) is 0 Å². The molecule has 0 amide bonds. The highest BCUT2D eigenvalue weighted by molar-refractivity contribution is 5.78. The summed E-state index contributed by atoms with van der Waals surface area (Å²) in [6, 6.07) is 3.90. The highest BCUT2D eigenvalue weighted by Crippen LogP contribution is 2.30. The third-order valence-electron chi connectivity index (χ3n) is 2.91. The van der Waals surface area contributed by atoms with Crippen LogP contribution in [0.4, 0.5) is 0 Å². The molecule has 0 heterocycles. The summed E-state index contributed by atoms with van der Waals surface area (Å²) in [5.74, 6) is 1.74. The standard InChI is InChI=1S/C14H20O3/c1-5-12(15)7-6-11-9-14(17-4)13(16-3)8-10(11)2/h8-9H,5-7H2,1-4H3. The van der Waals surface area contributed by atoms with E-state index in [-0.39, 0.29) is 0 Å². The van der Waals surface area contributed by atoms with Gasteiger partial charge in [-0.15, -0.1) is 0 Å². The molecule has 0 aliphatic heterocycles. The van der Waals surface area contributed by atoms with E-state index in [1.807, 2.05) is 26.0 Å². The van der Waals surface area contributed by atoms with Gasteiger partial charge in [0.15, 0.2) is 11.5 Å². The van der Waals surface area contributed by atoms with Crippen molar-refractivity contribution in [2.24, 2.45) is 0 Å². The molecule has 3 nitrogen and oxygen atoms in total. The predicted octanol–water partition coefficient (Wildman–Crippen LogP) is 2.92. The number of ketones is 1. The predicted molar refractivity (Wildman–Crippen MR) is 67.9 cm³/mol. The summed E-state index contributed by atoms with van der Waals surface area (Å²) in [4.78, 5) is 11.3. The number of hydrogen-bond donors (Lipinski definition) is 0. The number of aryl methyl sites for hydroxylation is 2. The number of methoxy groups -OCH3 is 2. The van der Waals surface area contributed by atoms with E-state index in [0.717, 1.165) is 29.0 Å². The lowest BCUT2D eigenvalue weighted by Crippen LogP contribution is -2.01. The lowest BCUT2D eigenvalue weighted by atomic mass is 10.0. The van der Waals surface area contributed by atoms with Crippen LogP contribution in [0.25, 0.3) is 0 Å². The summed E-state index contributed by atoms with van der Waals surface area (Å²) >= 11 is 0. The Labute approximate surface area is 103 Å². The van der Waals surface area contributed by atoms with Gasteiger partial charge in [0.05, 0.1) is 14.2 Å². The Bertz CT molecular complexity index is 397. The highest BCUT2D eigenvalue weighted by Gasteiger charge is 2.09. The number of rotatable bonds is 6. The molecule has 0 aromatic heterocycles. The first kappa shape index (κ1) is 13.6. The molecular weight excluding hydrogens is 216 g/mol. The quantitative estimate of drug-likeness (QED) is 0.761. The van der Waals surface area contributed by atoms with Crippen LogP contribution in [0.1, 0.15) is 30.9 Å². The van der Waals surface area contributed by atoms with Crippen molar-refractivity contribution in [3.8, 4) is 11.5 Å². The van der Waals surface area contributed by atoms with Crippen molar-refractivity contribution in [1.29, 1.82) is 0 Å². The fraction of sp³-hybridized carbons (Fsp3) is 0.500. The largest absolute Gasteiger partial charge is 0.493 e. The van der Waals surface area contributed by atoms with Gasteiger partial charge in [0, 0.05) is 12.8 Å². The minimum atomic E-state index is 0.291. The normalized spacial score (nSPS) is 10.1.